The second-order valence-corrected chi connectivity index (χ2v) is 5.35. The fraction of sp³-hybridized carbons (Fsp3) is 0.500. The van der Waals surface area contributed by atoms with E-state index in [4.69, 9.17) is 10.1 Å². The molecule has 1 N–H and O–H groups in total. The molecule has 0 aliphatic heterocycles. The smallest absolute Gasteiger partial charge is 0.303 e. The Morgan fingerprint density at radius 1 is 1.30 bits per heavy atom. The van der Waals surface area contributed by atoms with Crippen LogP contribution in [0.4, 0.5) is 0 Å². The molecular weight excluding hydrogens is 252 g/mol. The van der Waals surface area contributed by atoms with Gasteiger partial charge < -0.3 is 9.67 Å². The molecule has 1 heterocycles. The van der Waals surface area contributed by atoms with Gasteiger partial charge in [0.25, 0.3) is 0 Å². The fourth-order valence-corrected chi connectivity index (χ4v) is 2.48. The van der Waals surface area contributed by atoms with Gasteiger partial charge >= 0.3 is 5.97 Å². The number of rotatable bonds is 6. The minimum atomic E-state index is -0.738. The topological polar surface area (TPSA) is 55.1 Å². The SMILES string of the molecule is CCCc1nc2cc(C)c(C)cc2n1CCCC(=O)O. The maximum absolute atomic E-state index is 10.7. The molecule has 4 nitrogen and oxygen atoms in total. The summed E-state index contributed by atoms with van der Waals surface area (Å²) in [5, 5.41) is 8.78. The van der Waals surface area contributed by atoms with Crippen molar-refractivity contribution in [1.29, 1.82) is 0 Å². The Morgan fingerprint density at radius 2 is 2.00 bits per heavy atom. The highest BCUT2D eigenvalue weighted by atomic mass is 16.4. The number of aryl methyl sites for hydroxylation is 4. The standard InChI is InChI=1S/C16H22N2O2/c1-4-6-15-17-13-9-11(2)12(3)10-14(13)18(15)8-5-7-16(19)20/h9-10H,4-8H2,1-3H3,(H,19,20). The molecule has 2 aromatic rings. The predicted octanol–water partition coefficient (Wildman–Crippen LogP) is 3.47. The van der Waals surface area contributed by atoms with E-state index >= 15 is 0 Å². The zero-order valence-corrected chi connectivity index (χ0v) is 12.4. The highest BCUT2D eigenvalue weighted by Gasteiger charge is 2.11. The van der Waals surface area contributed by atoms with Crippen molar-refractivity contribution < 1.29 is 9.90 Å². The quantitative estimate of drug-likeness (QED) is 0.877. The lowest BCUT2D eigenvalue weighted by Gasteiger charge is -2.08. The molecule has 0 saturated carbocycles. The molecule has 108 valence electrons. The molecule has 1 aromatic carbocycles. The van der Waals surface area contributed by atoms with E-state index in [-0.39, 0.29) is 6.42 Å². The van der Waals surface area contributed by atoms with Crippen molar-refractivity contribution in [3.8, 4) is 0 Å². The van der Waals surface area contributed by atoms with Crippen LogP contribution in [0.5, 0.6) is 0 Å². The molecule has 20 heavy (non-hydrogen) atoms. The van der Waals surface area contributed by atoms with Crippen molar-refractivity contribution in [2.45, 2.75) is 53.0 Å². The molecule has 0 atom stereocenters. The largest absolute Gasteiger partial charge is 0.481 e. The van der Waals surface area contributed by atoms with E-state index in [1.54, 1.807) is 0 Å². The van der Waals surface area contributed by atoms with Crippen LogP contribution in [0.2, 0.25) is 0 Å². The van der Waals surface area contributed by atoms with Gasteiger partial charge in [-0.15, -0.1) is 0 Å². The lowest BCUT2D eigenvalue weighted by molar-refractivity contribution is -0.137. The first-order chi connectivity index (χ1) is 9.52. The molecule has 0 amide bonds. The van der Waals surface area contributed by atoms with Gasteiger partial charge in [-0.25, -0.2) is 4.98 Å². The van der Waals surface area contributed by atoms with Crippen molar-refractivity contribution in [3.63, 3.8) is 0 Å². The van der Waals surface area contributed by atoms with E-state index in [2.05, 4.69) is 37.5 Å². The van der Waals surface area contributed by atoms with Crippen LogP contribution in [0.1, 0.15) is 43.1 Å². The van der Waals surface area contributed by atoms with E-state index in [0.29, 0.717) is 6.42 Å². The van der Waals surface area contributed by atoms with Gasteiger partial charge in [-0.2, -0.15) is 0 Å². The Kier molecular flexibility index (Phi) is 4.42. The van der Waals surface area contributed by atoms with Gasteiger partial charge in [0.15, 0.2) is 0 Å². The minimum absolute atomic E-state index is 0.204. The van der Waals surface area contributed by atoms with Crippen LogP contribution in [0, 0.1) is 13.8 Å². The number of carbonyl (C=O) groups is 1. The Balaban J connectivity index is 2.39. The first-order valence-corrected chi connectivity index (χ1v) is 7.21. The number of carboxylic acid groups (broad SMARTS) is 1. The third-order valence-electron chi connectivity index (χ3n) is 3.69. The number of carboxylic acids is 1. The van der Waals surface area contributed by atoms with Crippen molar-refractivity contribution in [2.24, 2.45) is 0 Å². The number of benzene rings is 1. The third-order valence-corrected chi connectivity index (χ3v) is 3.69. The number of imidazole rings is 1. The molecule has 0 saturated heterocycles. The van der Waals surface area contributed by atoms with Gasteiger partial charge in [-0.1, -0.05) is 6.92 Å². The summed E-state index contributed by atoms with van der Waals surface area (Å²) in [6.07, 6.45) is 2.82. The van der Waals surface area contributed by atoms with Crippen LogP contribution in [-0.4, -0.2) is 20.6 Å². The molecule has 0 unspecified atom stereocenters. The highest BCUT2D eigenvalue weighted by molar-refractivity contribution is 5.78. The number of nitrogens with zero attached hydrogens (tertiary/aromatic N) is 2. The number of hydrogen-bond acceptors (Lipinski definition) is 2. The number of hydrogen-bond donors (Lipinski definition) is 1. The number of fused-ring (bicyclic) bond motifs is 1. The Hall–Kier alpha value is -1.84. The fourth-order valence-electron chi connectivity index (χ4n) is 2.48. The van der Waals surface area contributed by atoms with Gasteiger partial charge in [0.1, 0.15) is 5.82 Å². The first kappa shape index (κ1) is 14.6. The summed E-state index contributed by atoms with van der Waals surface area (Å²) in [5.74, 6) is 0.330. The lowest BCUT2D eigenvalue weighted by Crippen LogP contribution is -2.06. The van der Waals surface area contributed by atoms with E-state index in [1.807, 2.05) is 0 Å². The highest BCUT2D eigenvalue weighted by Crippen LogP contribution is 2.22. The van der Waals surface area contributed by atoms with Crippen molar-refractivity contribution >= 4 is 17.0 Å². The van der Waals surface area contributed by atoms with Crippen molar-refractivity contribution in [2.75, 3.05) is 0 Å². The second-order valence-electron chi connectivity index (χ2n) is 5.35. The second kappa shape index (κ2) is 6.07. The molecule has 0 aliphatic carbocycles. The van der Waals surface area contributed by atoms with E-state index in [1.165, 1.54) is 11.1 Å². The molecule has 0 spiro atoms. The van der Waals surface area contributed by atoms with E-state index in [0.717, 1.165) is 36.2 Å². The predicted molar refractivity (Wildman–Crippen MR) is 80.1 cm³/mol. The normalized spacial score (nSPS) is 11.2. The molecule has 4 heteroatoms. The van der Waals surface area contributed by atoms with Gasteiger partial charge in [-0.3, -0.25) is 4.79 Å². The average Bonchev–Trinajstić information content (AvgIpc) is 2.68. The van der Waals surface area contributed by atoms with Crippen LogP contribution in [0.3, 0.4) is 0 Å². The lowest BCUT2D eigenvalue weighted by atomic mass is 10.1. The zero-order chi connectivity index (χ0) is 14.7. The van der Waals surface area contributed by atoms with Gasteiger partial charge in [0.2, 0.25) is 0 Å². The summed E-state index contributed by atoms with van der Waals surface area (Å²) in [6, 6.07) is 4.29. The van der Waals surface area contributed by atoms with Gasteiger partial charge in [0, 0.05) is 19.4 Å². The maximum Gasteiger partial charge on any atom is 0.303 e. The summed E-state index contributed by atoms with van der Waals surface area (Å²) in [7, 11) is 0. The average molecular weight is 274 g/mol. The summed E-state index contributed by atoms with van der Waals surface area (Å²) >= 11 is 0. The summed E-state index contributed by atoms with van der Waals surface area (Å²) in [5.41, 5.74) is 4.64. The molecule has 0 aliphatic rings. The molecule has 1 aromatic heterocycles. The van der Waals surface area contributed by atoms with Crippen LogP contribution in [0.25, 0.3) is 11.0 Å². The molecule has 0 radical (unpaired) electrons. The van der Waals surface area contributed by atoms with Crippen molar-refractivity contribution in [3.05, 3.63) is 29.1 Å². The van der Waals surface area contributed by atoms with Crippen LogP contribution < -0.4 is 0 Å². The molecular formula is C16H22N2O2. The van der Waals surface area contributed by atoms with Crippen LogP contribution in [-0.2, 0) is 17.8 Å². The van der Waals surface area contributed by atoms with Gasteiger partial charge in [0.05, 0.1) is 11.0 Å². The summed E-state index contributed by atoms with van der Waals surface area (Å²) in [6.45, 7) is 7.05. The molecule has 2 rings (SSSR count). The van der Waals surface area contributed by atoms with Crippen LogP contribution in [0.15, 0.2) is 12.1 Å². The van der Waals surface area contributed by atoms with E-state index in [9.17, 15) is 4.79 Å². The minimum Gasteiger partial charge on any atom is -0.481 e. The third kappa shape index (κ3) is 3.00. The Labute approximate surface area is 119 Å². The Morgan fingerprint density at radius 3 is 2.65 bits per heavy atom. The van der Waals surface area contributed by atoms with Crippen LogP contribution >= 0.6 is 0 Å². The van der Waals surface area contributed by atoms with E-state index < -0.39 is 5.97 Å². The number of aromatic nitrogens is 2. The molecule has 0 fully saturated rings. The van der Waals surface area contributed by atoms with Gasteiger partial charge in [-0.05, 0) is 49.9 Å². The zero-order valence-electron chi connectivity index (χ0n) is 12.4. The van der Waals surface area contributed by atoms with Crippen molar-refractivity contribution in [1.82, 2.24) is 9.55 Å². The number of aliphatic carboxylic acids is 1. The Bertz CT molecular complexity index is 629. The monoisotopic (exact) mass is 274 g/mol. The first-order valence-electron chi connectivity index (χ1n) is 7.21. The summed E-state index contributed by atoms with van der Waals surface area (Å²) in [4.78, 5) is 15.4. The maximum atomic E-state index is 10.7. The molecule has 0 bridgehead atoms. The summed E-state index contributed by atoms with van der Waals surface area (Å²) < 4.78 is 2.19.